The number of nitrogens with one attached hydrogen (secondary N) is 2. The second-order valence-electron chi connectivity index (χ2n) is 5.30. The molecule has 2 heterocycles. The zero-order valence-electron chi connectivity index (χ0n) is 15.1. The van der Waals surface area contributed by atoms with Crippen molar-refractivity contribution in [1.29, 1.82) is 0 Å². The van der Waals surface area contributed by atoms with Crippen LogP contribution in [0.5, 0.6) is 5.88 Å². The molecule has 27 heavy (non-hydrogen) atoms. The number of hydrogen-bond acceptors (Lipinski definition) is 5. The second kappa shape index (κ2) is 10.6. The number of guanidine groups is 1. The lowest BCUT2D eigenvalue weighted by atomic mass is 10.2. The van der Waals surface area contributed by atoms with E-state index in [4.69, 9.17) is 4.74 Å². The predicted octanol–water partition coefficient (Wildman–Crippen LogP) is 3.54. The number of nitrogens with zero attached hydrogens (tertiary/aromatic N) is 3. The van der Waals surface area contributed by atoms with Gasteiger partial charge in [-0.2, -0.15) is 13.2 Å². The van der Waals surface area contributed by atoms with Crippen molar-refractivity contribution in [3.8, 4) is 5.88 Å². The van der Waals surface area contributed by atoms with Crippen molar-refractivity contribution >= 4 is 41.3 Å². The van der Waals surface area contributed by atoms with E-state index in [1.165, 1.54) is 12.3 Å². The summed E-state index contributed by atoms with van der Waals surface area (Å²) in [7, 11) is 1.61. The Morgan fingerprint density at radius 3 is 2.63 bits per heavy atom. The molecule has 2 N–H and O–H groups in total. The van der Waals surface area contributed by atoms with Crippen LogP contribution in [-0.2, 0) is 12.7 Å². The lowest BCUT2D eigenvalue weighted by Gasteiger charge is -2.14. The Morgan fingerprint density at radius 1 is 1.30 bits per heavy atom. The van der Waals surface area contributed by atoms with E-state index < -0.39 is 17.6 Å². The van der Waals surface area contributed by atoms with Gasteiger partial charge in [0.25, 0.3) is 0 Å². The van der Waals surface area contributed by atoms with Crippen LogP contribution >= 0.6 is 35.3 Å². The molecule has 6 nitrogen and oxygen atoms in total. The molecule has 0 saturated carbocycles. The first kappa shape index (κ1) is 23.4. The fourth-order valence-electron chi connectivity index (χ4n) is 2.16. The number of aromatic nitrogens is 2. The number of hydrogen-bond donors (Lipinski definition) is 2. The molecule has 0 aromatic carbocycles. The number of ether oxygens (including phenoxy) is 1. The molecular weight excluding hydrogens is 494 g/mol. The number of halogens is 4. The quantitative estimate of drug-likeness (QED) is 0.267. The highest BCUT2D eigenvalue weighted by atomic mass is 127. The van der Waals surface area contributed by atoms with E-state index >= 15 is 0 Å². The van der Waals surface area contributed by atoms with Crippen LogP contribution < -0.4 is 15.4 Å². The van der Waals surface area contributed by atoms with Crippen LogP contribution in [0.4, 0.5) is 13.2 Å². The highest BCUT2D eigenvalue weighted by Gasteiger charge is 2.34. The Hall–Kier alpha value is -1.63. The van der Waals surface area contributed by atoms with E-state index in [0.29, 0.717) is 12.5 Å². The van der Waals surface area contributed by atoms with Gasteiger partial charge in [0.05, 0.1) is 23.8 Å². The first-order chi connectivity index (χ1) is 12.3. The van der Waals surface area contributed by atoms with Gasteiger partial charge in [0.15, 0.2) is 5.96 Å². The topological polar surface area (TPSA) is 71.4 Å². The zero-order chi connectivity index (χ0) is 19.2. The number of alkyl halides is 3. The Kier molecular flexibility index (Phi) is 9.22. The highest BCUT2D eigenvalue weighted by Crippen LogP contribution is 2.34. The van der Waals surface area contributed by atoms with E-state index in [9.17, 15) is 13.2 Å². The maximum atomic E-state index is 12.9. The van der Waals surface area contributed by atoms with Crippen molar-refractivity contribution in [2.24, 2.45) is 4.99 Å². The lowest BCUT2D eigenvalue weighted by molar-refractivity contribution is -0.139. The minimum absolute atomic E-state index is 0. The molecule has 0 spiro atoms. The van der Waals surface area contributed by atoms with Gasteiger partial charge in [-0.1, -0.05) is 0 Å². The third-order valence-corrected chi connectivity index (χ3v) is 4.42. The van der Waals surface area contributed by atoms with Crippen molar-refractivity contribution in [3.05, 3.63) is 39.5 Å². The van der Waals surface area contributed by atoms with E-state index in [1.54, 1.807) is 18.4 Å². The molecule has 0 unspecified atom stereocenters. The van der Waals surface area contributed by atoms with Crippen molar-refractivity contribution in [2.45, 2.75) is 26.6 Å². The maximum absolute atomic E-state index is 12.9. The lowest BCUT2D eigenvalue weighted by Crippen LogP contribution is -2.38. The Bertz CT molecular complexity index is 767. The van der Waals surface area contributed by atoms with Gasteiger partial charge in [-0.3, -0.25) is 4.99 Å². The van der Waals surface area contributed by atoms with Crippen LogP contribution in [0.3, 0.4) is 0 Å². The molecule has 0 aliphatic carbocycles. The first-order valence-corrected chi connectivity index (χ1v) is 8.65. The minimum Gasteiger partial charge on any atom is -0.475 e. The summed E-state index contributed by atoms with van der Waals surface area (Å²) in [5.74, 6) is 0.0941. The molecule has 150 valence electrons. The highest BCUT2D eigenvalue weighted by molar-refractivity contribution is 14.0. The van der Waals surface area contributed by atoms with Crippen molar-refractivity contribution in [2.75, 3.05) is 20.2 Å². The van der Waals surface area contributed by atoms with Gasteiger partial charge in [-0.05, 0) is 26.0 Å². The molecule has 0 bridgehead atoms. The molecule has 2 rings (SSSR count). The second-order valence-corrected chi connectivity index (χ2v) is 6.58. The summed E-state index contributed by atoms with van der Waals surface area (Å²) >= 11 is 1.60. The van der Waals surface area contributed by atoms with Gasteiger partial charge >= 0.3 is 6.18 Å². The van der Waals surface area contributed by atoms with Crippen molar-refractivity contribution in [1.82, 2.24) is 20.6 Å². The van der Waals surface area contributed by atoms with Gasteiger partial charge in [-0.25, -0.2) is 9.97 Å². The van der Waals surface area contributed by atoms with E-state index in [1.807, 2.05) is 13.8 Å². The average molecular weight is 515 g/mol. The summed E-state index contributed by atoms with van der Waals surface area (Å²) in [5.41, 5.74) is 0.0761. The van der Waals surface area contributed by atoms with Crippen LogP contribution in [0, 0.1) is 13.8 Å². The summed E-state index contributed by atoms with van der Waals surface area (Å²) in [6.45, 7) is 4.73. The third kappa shape index (κ3) is 7.13. The van der Waals surface area contributed by atoms with Gasteiger partial charge in [0, 0.05) is 18.1 Å². The summed E-state index contributed by atoms with van der Waals surface area (Å²) in [6, 6.07) is 2.17. The van der Waals surface area contributed by atoms with Crippen LogP contribution in [0.2, 0.25) is 0 Å². The number of aliphatic imine (C=N–C) groups is 1. The van der Waals surface area contributed by atoms with Crippen molar-refractivity contribution < 1.29 is 17.9 Å². The third-order valence-electron chi connectivity index (χ3n) is 3.35. The van der Waals surface area contributed by atoms with Crippen LogP contribution in [0.15, 0.2) is 23.3 Å². The molecule has 0 aliphatic rings. The fraction of sp³-hybridized carbons (Fsp3) is 0.438. The number of pyridine rings is 1. The van der Waals surface area contributed by atoms with Crippen LogP contribution in [0.1, 0.15) is 21.1 Å². The zero-order valence-corrected chi connectivity index (χ0v) is 18.2. The normalized spacial score (nSPS) is 11.7. The van der Waals surface area contributed by atoms with Gasteiger partial charge in [0.2, 0.25) is 5.88 Å². The molecule has 0 fully saturated rings. The molecule has 0 amide bonds. The van der Waals surface area contributed by atoms with Gasteiger partial charge in [0.1, 0.15) is 12.2 Å². The summed E-state index contributed by atoms with van der Waals surface area (Å²) < 4.78 is 43.8. The van der Waals surface area contributed by atoms with Gasteiger partial charge in [-0.15, -0.1) is 35.3 Å². The molecule has 0 saturated heterocycles. The maximum Gasteiger partial charge on any atom is 0.421 e. The van der Waals surface area contributed by atoms with E-state index in [2.05, 4.69) is 25.6 Å². The van der Waals surface area contributed by atoms with Gasteiger partial charge < -0.3 is 15.4 Å². The van der Waals surface area contributed by atoms with Crippen LogP contribution in [-0.4, -0.2) is 36.1 Å². The number of aryl methyl sites for hydroxylation is 2. The SMILES string of the molecule is CN=C(NCCOc1ncccc1C(F)(F)F)NCc1sc(C)nc1C.I. The Balaban J connectivity index is 0.00000364. The number of rotatable bonds is 6. The molecule has 2 aromatic heterocycles. The summed E-state index contributed by atoms with van der Waals surface area (Å²) in [5, 5.41) is 7.11. The largest absolute Gasteiger partial charge is 0.475 e. The summed E-state index contributed by atoms with van der Waals surface area (Å²) in [4.78, 5) is 13.2. The van der Waals surface area contributed by atoms with E-state index in [0.717, 1.165) is 21.6 Å². The fourth-order valence-corrected chi connectivity index (χ4v) is 3.04. The molecule has 0 radical (unpaired) electrons. The van der Waals surface area contributed by atoms with E-state index in [-0.39, 0.29) is 37.1 Å². The molecule has 2 aromatic rings. The first-order valence-electron chi connectivity index (χ1n) is 7.83. The Labute approximate surface area is 176 Å². The smallest absolute Gasteiger partial charge is 0.421 e. The molecule has 0 aliphatic heterocycles. The Morgan fingerprint density at radius 2 is 2.04 bits per heavy atom. The molecule has 0 atom stereocenters. The minimum atomic E-state index is -4.50. The van der Waals surface area contributed by atoms with Crippen molar-refractivity contribution in [3.63, 3.8) is 0 Å². The van der Waals surface area contributed by atoms with Crippen LogP contribution in [0.25, 0.3) is 0 Å². The monoisotopic (exact) mass is 515 g/mol. The predicted molar refractivity (Wildman–Crippen MR) is 110 cm³/mol. The molecule has 11 heteroatoms. The number of thiazole rings is 1. The average Bonchev–Trinajstić information content (AvgIpc) is 2.91. The standard InChI is InChI=1S/C16H20F3N5OS.HI/c1-10-13(26-11(2)24-10)9-23-15(20-3)22-7-8-25-14-12(16(17,18)19)5-4-6-21-14;/h4-6H,7-9H2,1-3H3,(H2,20,22,23);1H. The molecular formula is C16H21F3IN5OS. The summed E-state index contributed by atoms with van der Waals surface area (Å²) in [6.07, 6.45) is -3.24.